The van der Waals surface area contributed by atoms with Crippen molar-refractivity contribution in [3.8, 4) is 16.9 Å². The van der Waals surface area contributed by atoms with E-state index < -0.39 is 11.8 Å². The number of phenols is 1. The van der Waals surface area contributed by atoms with E-state index in [9.17, 15) is 14.7 Å². The van der Waals surface area contributed by atoms with Crippen molar-refractivity contribution in [2.24, 2.45) is 0 Å². The van der Waals surface area contributed by atoms with Crippen LogP contribution in [0.3, 0.4) is 0 Å². The van der Waals surface area contributed by atoms with Gasteiger partial charge < -0.3 is 5.11 Å². The summed E-state index contributed by atoms with van der Waals surface area (Å²) in [5, 5.41) is 14.2. The van der Waals surface area contributed by atoms with Crippen LogP contribution in [0.4, 0.5) is 0 Å². The summed E-state index contributed by atoms with van der Waals surface area (Å²) >= 11 is 5.09. The normalized spacial score (nSPS) is 10.4. The first kappa shape index (κ1) is 21.0. The number of hydrazine groups is 1. The lowest BCUT2D eigenvalue weighted by Crippen LogP contribution is -2.48. The maximum absolute atomic E-state index is 12.4. The zero-order chi connectivity index (χ0) is 22.5. The molecule has 0 saturated heterocycles. The van der Waals surface area contributed by atoms with Gasteiger partial charge in [0.05, 0.1) is 5.56 Å². The van der Waals surface area contributed by atoms with Gasteiger partial charge in [-0.2, -0.15) is 0 Å². The van der Waals surface area contributed by atoms with Crippen LogP contribution in [-0.4, -0.2) is 22.0 Å². The lowest BCUT2D eigenvalue weighted by Gasteiger charge is -2.12. The highest BCUT2D eigenvalue weighted by Gasteiger charge is 2.14. The summed E-state index contributed by atoms with van der Waals surface area (Å²) < 4.78 is 0. The van der Waals surface area contributed by atoms with Crippen molar-refractivity contribution in [2.45, 2.75) is 0 Å². The van der Waals surface area contributed by atoms with Crippen molar-refractivity contribution in [1.82, 2.24) is 16.2 Å². The average molecular weight is 442 g/mol. The Bertz CT molecular complexity index is 1310. The quantitative estimate of drug-likeness (QED) is 0.283. The molecule has 4 aromatic carbocycles. The molecule has 4 rings (SSSR count). The van der Waals surface area contributed by atoms with Crippen molar-refractivity contribution in [2.75, 3.05) is 0 Å². The molecule has 2 amide bonds. The van der Waals surface area contributed by atoms with Gasteiger partial charge in [-0.05, 0) is 58.4 Å². The molecule has 0 spiro atoms. The summed E-state index contributed by atoms with van der Waals surface area (Å²) in [4.78, 5) is 24.9. The van der Waals surface area contributed by atoms with Crippen molar-refractivity contribution in [3.63, 3.8) is 0 Å². The average Bonchev–Trinajstić information content (AvgIpc) is 2.82. The second-order valence-electron chi connectivity index (χ2n) is 7.02. The minimum atomic E-state index is -0.586. The maximum atomic E-state index is 12.4. The zero-order valence-electron chi connectivity index (χ0n) is 16.8. The number of fused-ring (bicyclic) bond motifs is 1. The van der Waals surface area contributed by atoms with Crippen molar-refractivity contribution < 1.29 is 14.7 Å². The van der Waals surface area contributed by atoms with Crippen LogP contribution in [0.25, 0.3) is 21.9 Å². The van der Waals surface area contributed by atoms with Crippen molar-refractivity contribution in [1.29, 1.82) is 0 Å². The van der Waals surface area contributed by atoms with Crippen LogP contribution in [0.15, 0.2) is 91.0 Å². The van der Waals surface area contributed by atoms with Crippen LogP contribution in [-0.2, 0) is 0 Å². The molecule has 6 nitrogen and oxygen atoms in total. The van der Waals surface area contributed by atoms with Gasteiger partial charge in [-0.1, -0.05) is 66.7 Å². The number of phenolic OH excluding ortho intramolecular Hbond substituents is 1. The molecule has 32 heavy (non-hydrogen) atoms. The molecule has 0 unspecified atom stereocenters. The van der Waals surface area contributed by atoms with Gasteiger partial charge in [0.25, 0.3) is 11.8 Å². The Hall–Kier alpha value is -4.23. The largest absolute Gasteiger partial charge is 0.507 e. The second kappa shape index (κ2) is 9.28. The van der Waals surface area contributed by atoms with E-state index in [4.69, 9.17) is 12.2 Å². The van der Waals surface area contributed by atoms with Crippen LogP contribution in [0.5, 0.6) is 5.75 Å². The van der Waals surface area contributed by atoms with Gasteiger partial charge in [0.2, 0.25) is 0 Å². The Kier molecular flexibility index (Phi) is 6.10. The minimum absolute atomic E-state index is 0.0734. The van der Waals surface area contributed by atoms with Gasteiger partial charge in [-0.15, -0.1) is 0 Å². The van der Waals surface area contributed by atoms with Gasteiger partial charge in [0.1, 0.15) is 5.75 Å². The predicted octanol–water partition coefficient (Wildman–Crippen LogP) is 4.16. The van der Waals surface area contributed by atoms with E-state index >= 15 is 0 Å². The van der Waals surface area contributed by atoms with Gasteiger partial charge >= 0.3 is 0 Å². The number of carbonyl (C=O) groups is 2. The summed E-state index contributed by atoms with van der Waals surface area (Å²) in [6.45, 7) is 0. The fraction of sp³-hybridized carbons (Fsp3) is 0. The molecular weight excluding hydrogens is 422 g/mol. The number of aromatic hydroxyl groups is 1. The Labute approximate surface area is 189 Å². The topological polar surface area (TPSA) is 90.5 Å². The fourth-order valence-corrected chi connectivity index (χ4v) is 3.39. The molecule has 0 aliphatic carbocycles. The molecule has 0 atom stereocenters. The van der Waals surface area contributed by atoms with E-state index in [1.54, 1.807) is 18.2 Å². The van der Waals surface area contributed by atoms with Gasteiger partial charge in [0, 0.05) is 5.56 Å². The molecule has 0 fully saturated rings. The minimum Gasteiger partial charge on any atom is -0.507 e. The maximum Gasteiger partial charge on any atom is 0.273 e. The van der Waals surface area contributed by atoms with E-state index in [2.05, 4.69) is 16.2 Å². The SMILES string of the molecule is O=C(NC(=S)NNC(=O)c1cc2ccccc2cc1O)c1ccc(-c2ccccc2)cc1. The summed E-state index contributed by atoms with van der Waals surface area (Å²) in [5.74, 6) is -1.15. The van der Waals surface area contributed by atoms with E-state index in [0.717, 1.165) is 21.9 Å². The smallest absolute Gasteiger partial charge is 0.273 e. The molecule has 0 radical (unpaired) electrons. The number of thiocarbonyl (C=S) groups is 1. The first-order valence-corrected chi connectivity index (χ1v) is 10.2. The number of rotatable bonds is 3. The third-order valence-electron chi connectivity index (χ3n) is 4.88. The lowest BCUT2D eigenvalue weighted by molar-refractivity contribution is 0.0932. The number of carbonyl (C=O) groups excluding carboxylic acids is 2. The summed E-state index contributed by atoms with van der Waals surface area (Å²) in [5.41, 5.74) is 7.42. The first-order chi connectivity index (χ1) is 15.5. The van der Waals surface area contributed by atoms with Crippen molar-refractivity contribution in [3.05, 3.63) is 102 Å². The van der Waals surface area contributed by atoms with Crippen LogP contribution in [0, 0.1) is 0 Å². The number of hydrogen-bond acceptors (Lipinski definition) is 4. The van der Waals surface area contributed by atoms with Gasteiger partial charge in [-0.3, -0.25) is 25.8 Å². The molecule has 0 heterocycles. The highest BCUT2D eigenvalue weighted by molar-refractivity contribution is 7.80. The van der Waals surface area contributed by atoms with Crippen molar-refractivity contribution >= 4 is 39.9 Å². The molecule has 0 aliphatic heterocycles. The molecule has 0 saturated carbocycles. The molecule has 158 valence electrons. The standard InChI is InChI=1S/C25H19N3O3S/c29-22-15-20-9-5-4-8-19(20)14-21(22)24(31)27-28-25(32)26-23(30)18-12-10-17(11-13-18)16-6-2-1-3-7-16/h1-15,29H,(H,27,31)(H2,26,28,30,32). The number of amides is 2. The molecule has 4 aromatic rings. The van der Waals surface area contributed by atoms with E-state index in [-0.39, 0.29) is 16.4 Å². The van der Waals surface area contributed by atoms with Gasteiger partial charge in [0.15, 0.2) is 5.11 Å². The molecule has 0 aromatic heterocycles. The predicted molar refractivity (Wildman–Crippen MR) is 128 cm³/mol. The highest BCUT2D eigenvalue weighted by Crippen LogP contribution is 2.24. The molecular formula is C25H19N3O3S. The summed E-state index contributed by atoms with van der Waals surface area (Å²) in [7, 11) is 0. The number of benzene rings is 4. The van der Waals surface area contributed by atoms with E-state index in [1.165, 1.54) is 6.07 Å². The Balaban J connectivity index is 1.35. The highest BCUT2D eigenvalue weighted by atomic mass is 32.1. The second-order valence-corrected chi connectivity index (χ2v) is 7.43. The van der Waals surface area contributed by atoms with Crippen LogP contribution >= 0.6 is 12.2 Å². The summed E-state index contributed by atoms with van der Waals surface area (Å²) in [6.07, 6.45) is 0. The number of hydrogen-bond donors (Lipinski definition) is 4. The van der Waals surface area contributed by atoms with E-state index in [0.29, 0.717) is 5.56 Å². The van der Waals surface area contributed by atoms with Crippen LogP contribution in [0.2, 0.25) is 0 Å². The molecule has 0 bridgehead atoms. The fourth-order valence-electron chi connectivity index (χ4n) is 3.24. The molecule has 7 heteroatoms. The molecule has 0 aliphatic rings. The summed E-state index contributed by atoms with van der Waals surface area (Å²) in [6, 6.07) is 27.4. The van der Waals surface area contributed by atoms with Gasteiger partial charge in [-0.25, -0.2) is 0 Å². The Morgan fingerprint density at radius 3 is 1.97 bits per heavy atom. The Morgan fingerprint density at radius 1 is 0.688 bits per heavy atom. The van der Waals surface area contributed by atoms with E-state index in [1.807, 2.05) is 66.7 Å². The third kappa shape index (κ3) is 4.74. The number of nitrogens with one attached hydrogen (secondary N) is 3. The molecule has 4 N–H and O–H groups in total. The first-order valence-electron chi connectivity index (χ1n) is 9.80. The lowest BCUT2D eigenvalue weighted by atomic mass is 10.0. The van der Waals surface area contributed by atoms with Crippen LogP contribution in [0.1, 0.15) is 20.7 Å². The Morgan fingerprint density at radius 2 is 1.28 bits per heavy atom. The van der Waals surface area contributed by atoms with Crippen LogP contribution < -0.4 is 16.2 Å². The monoisotopic (exact) mass is 441 g/mol. The zero-order valence-corrected chi connectivity index (χ0v) is 17.6. The third-order valence-corrected chi connectivity index (χ3v) is 5.08.